The third kappa shape index (κ3) is 2.52. The highest BCUT2D eigenvalue weighted by Crippen LogP contribution is 2.58. The second-order valence-corrected chi connectivity index (χ2v) is 7.69. The van der Waals surface area contributed by atoms with E-state index in [1.54, 1.807) is 20.8 Å². The minimum atomic E-state index is -0.620. The molecular formula is C16H19BrO4. The number of phenolic OH excluding ortho intramolecular Hbond substituents is 1. The van der Waals surface area contributed by atoms with Crippen LogP contribution in [0, 0.1) is 0 Å². The molecule has 1 aliphatic carbocycles. The Hall–Kier alpha value is -1.23. The van der Waals surface area contributed by atoms with Crippen LogP contribution < -0.4 is 4.74 Å². The molecule has 1 spiro atoms. The van der Waals surface area contributed by atoms with E-state index in [1.165, 1.54) is 0 Å². The average Bonchev–Trinajstić information content (AvgIpc) is 3.10. The normalized spacial score (nSPS) is 18.9. The number of benzene rings is 1. The summed E-state index contributed by atoms with van der Waals surface area (Å²) in [4.78, 5) is 12.5. The van der Waals surface area contributed by atoms with E-state index in [9.17, 15) is 9.90 Å². The van der Waals surface area contributed by atoms with Gasteiger partial charge in [-0.1, -0.05) is 0 Å². The van der Waals surface area contributed by atoms with Gasteiger partial charge in [0.25, 0.3) is 0 Å². The largest absolute Gasteiger partial charge is 0.506 e. The quantitative estimate of drug-likeness (QED) is 0.776. The highest BCUT2D eigenvalue weighted by Gasteiger charge is 2.49. The van der Waals surface area contributed by atoms with Crippen LogP contribution in [0.4, 0.5) is 0 Å². The Morgan fingerprint density at radius 2 is 2.05 bits per heavy atom. The van der Waals surface area contributed by atoms with Gasteiger partial charge in [-0.2, -0.15) is 0 Å². The first kappa shape index (κ1) is 14.7. The predicted octanol–water partition coefficient (Wildman–Crippen LogP) is 3.92. The minimum Gasteiger partial charge on any atom is -0.506 e. The smallest absolute Gasteiger partial charge is 0.346 e. The summed E-state index contributed by atoms with van der Waals surface area (Å²) in [5, 5.41) is 10.3. The van der Waals surface area contributed by atoms with E-state index in [0.29, 0.717) is 16.8 Å². The number of rotatable bonds is 1. The lowest BCUT2D eigenvalue weighted by molar-refractivity contribution is 0.00616. The summed E-state index contributed by atoms with van der Waals surface area (Å²) >= 11 is 3.34. The lowest BCUT2D eigenvalue weighted by Crippen LogP contribution is -2.27. The number of aromatic hydroxyl groups is 1. The van der Waals surface area contributed by atoms with Crippen molar-refractivity contribution in [1.29, 1.82) is 0 Å². The molecule has 114 valence electrons. The first-order chi connectivity index (χ1) is 9.73. The molecule has 0 unspecified atom stereocenters. The van der Waals surface area contributed by atoms with Crippen molar-refractivity contribution in [1.82, 2.24) is 0 Å². The Morgan fingerprint density at radius 3 is 2.62 bits per heavy atom. The van der Waals surface area contributed by atoms with Gasteiger partial charge in [-0.25, -0.2) is 4.79 Å². The summed E-state index contributed by atoms with van der Waals surface area (Å²) < 4.78 is 11.6. The number of hydrogen-bond acceptors (Lipinski definition) is 4. The molecule has 0 saturated heterocycles. The Kier molecular flexibility index (Phi) is 3.24. The van der Waals surface area contributed by atoms with Gasteiger partial charge in [-0.3, -0.25) is 0 Å². The van der Waals surface area contributed by atoms with Crippen LogP contribution in [0.1, 0.15) is 56.0 Å². The number of ether oxygens (including phenoxy) is 2. The van der Waals surface area contributed by atoms with Crippen LogP contribution in [0.25, 0.3) is 0 Å². The molecule has 4 nitrogen and oxygen atoms in total. The molecule has 1 aliphatic heterocycles. The van der Waals surface area contributed by atoms with Gasteiger partial charge in [0.2, 0.25) is 0 Å². The van der Waals surface area contributed by atoms with Crippen molar-refractivity contribution in [2.75, 3.05) is 6.61 Å². The molecule has 0 amide bonds. The van der Waals surface area contributed by atoms with E-state index in [0.717, 1.165) is 24.8 Å². The average molecular weight is 355 g/mol. The summed E-state index contributed by atoms with van der Waals surface area (Å²) in [6.45, 7) is 5.98. The molecule has 2 aliphatic rings. The van der Waals surface area contributed by atoms with E-state index in [4.69, 9.17) is 9.47 Å². The lowest BCUT2D eigenvalue weighted by atomic mass is 9.88. The molecule has 1 fully saturated rings. The van der Waals surface area contributed by atoms with Crippen molar-refractivity contribution in [2.45, 2.75) is 51.0 Å². The predicted molar refractivity (Wildman–Crippen MR) is 82.0 cm³/mol. The fourth-order valence-electron chi connectivity index (χ4n) is 2.84. The summed E-state index contributed by atoms with van der Waals surface area (Å²) in [5.41, 5.74) is 0.658. The van der Waals surface area contributed by atoms with Gasteiger partial charge >= 0.3 is 5.97 Å². The second kappa shape index (κ2) is 4.63. The molecular weight excluding hydrogens is 336 g/mol. The van der Waals surface area contributed by atoms with Crippen LogP contribution in [0.15, 0.2) is 10.5 Å². The van der Waals surface area contributed by atoms with Gasteiger partial charge in [0.15, 0.2) is 0 Å². The van der Waals surface area contributed by atoms with Gasteiger partial charge < -0.3 is 14.6 Å². The molecule has 0 bridgehead atoms. The summed E-state index contributed by atoms with van der Waals surface area (Å²) in [5.74, 6) is -0.162. The zero-order chi connectivity index (χ0) is 15.4. The number of hydrogen-bond donors (Lipinski definition) is 1. The van der Waals surface area contributed by atoms with E-state index < -0.39 is 11.6 Å². The topological polar surface area (TPSA) is 55.8 Å². The highest BCUT2D eigenvalue weighted by molar-refractivity contribution is 9.10. The lowest BCUT2D eigenvalue weighted by Gasteiger charge is -2.29. The molecule has 5 heteroatoms. The number of phenols is 1. The molecule has 0 atom stereocenters. The molecule has 21 heavy (non-hydrogen) atoms. The fraction of sp³-hybridized carbons (Fsp3) is 0.562. The standard InChI is InChI=1S/C16H19BrO4/c1-15(2,3)21-14(19)11-12(18)10(17)8-9-13(11)20-7-6-16(9)4-5-16/h8,18H,4-7H2,1-3H3. The third-order valence-corrected chi connectivity index (χ3v) is 4.67. The SMILES string of the molecule is CC(C)(C)OC(=O)c1c(O)c(Br)cc2c1OCCC21CC1. The van der Waals surface area contributed by atoms with Crippen molar-refractivity contribution < 1.29 is 19.4 Å². The fourth-order valence-corrected chi connectivity index (χ4v) is 3.27. The number of carbonyl (C=O) groups is 1. The zero-order valence-corrected chi connectivity index (χ0v) is 14.0. The Bertz CT molecular complexity index is 612. The van der Waals surface area contributed by atoms with Crippen LogP contribution in [0.5, 0.6) is 11.5 Å². The number of carbonyl (C=O) groups excluding carboxylic acids is 1. The Morgan fingerprint density at radius 1 is 1.38 bits per heavy atom. The van der Waals surface area contributed by atoms with Crippen LogP contribution in [-0.2, 0) is 10.2 Å². The van der Waals surface area contributed by atoms with Crippen molar-refractivity contribution in [3.8, 4) is 11.5 Å². The summed E-state index contributed by atoms with van der Waals surface area (Å²) in [7, 11) is 0. The van der Waals surface area contributed by atoms with Gasteiger partial charge in [0.1, 0.15) is 22.7 Å². The van der Waals surface area contributed by atoms with Gasteiger partial charge in [0, 0.05) is 11.0 Å². The molecule has 3 rings (SSSR count). The van der Waals surface area contributed by atoms with E-state index in [1.807, 2.05) is 6.07 Å². The molecule has 0 radical (unpaired) electrons. The molecule has 1 saturated carbocycles. The Balaban J connectivity index is 2.11. The number of fused-ring (bicyclic) bond motifs is 2. The molecule has 1 aromatic rings. The molecule has 1 heterocycles. The van der Waals surface area contributed by atoms with Crippen LogP contribution in [-0.4, -0.2) is 23.3 Å². The second-order valence-electron chi connectivity index (χ2n) is 6.84. The zero-order valence-electron chi connectivity index (χ0n) is 12.5. The Labute approximate surface area is 132 Å². The summed E-state index contributed by atoms with van der Waals surface area (Å²) in [6, 6.07) is 1.88. The van der Waals surface area contributed by atoms with E-state index in [2.05, 4.69) is 15.9 Å². The van der Waals surface area contributed by atoms with Crippen molar-refractivity contribution in [2.24, 2.45) is 0 Å². The van der Waals surface area contributed by atoms with E-state index in [-0.39, 0.29) is 16.7 Å². The van der Waals surface area contributed by atoms with Crippen LogP contribution >= 0.6 is 15.9 Å². The maximum Gasteiger partial charge on any atom is 0.346 e. The van der Waals surface area contributed by atoms with Gasteiger partial charge in [-0.15, -0.1) is 0 Å². The molecule has 1 N–H and O–H groups in total. The monoisotopic (exact) mass is 354 g/mol. The third-order valence-electron chi connectivity index (χ3n) is 4.06. The number of esters is 1. The van der Waals surface area contributed by atoms with Gasteiger partial charge in [-0.05, 0) is 62.0 Å². The highest BCUT2D eigenvalue weighted by atomic mass is 79.9. The molecule has 0 aromatic heterocycles. The minimum absolute atomic E-state index is 0.110. The van der Waals surface area contributed by atoms with Crippen LogP contribution in [0.2, 0.25) is 0 Å². The van der Waals surface area contributed by atoms with Crippen LogP contribution in [0.3, 0.4) is 0 Å². The van der Waals surface area contributed by atoms with Crippen molar-refractivity contribution in [3.63, 3.8) is 0 Å². The maximum atomic E-state index is 12.5. The van der Waals surface area contributed by atoms with Gasteiger partial charge in [0.05, 0.1) is 11.1 Å². The molecule has 1 aromatic carbocycles. The summed E-state index contributed by atoms with van der Waals surface area (Å²) in [6.07, 6.45) is 3.17. The first-order valence-corrected chi connectivity index (χ1v) is 7.95. The van der Waals surface area contributed by atoms with Crippen molar-refractivity contribution >= 4 is 21.9 Å². The van der Waals surface area contributed by atoms with Crippen molar-refractivity contribution in [3.05, 3.63) is 21.7 Å². The maximum absolute atomic E-state index is 12.5. The number of halogens is 1. The van der Waals surface area contributed by atoms with E-state index >= 15 is 0 Å². The first-order valence-electron chi connectivity index (χ1n) is 7.16.